The van der Waals surface area contributed by atoms with Crippen molar-refractivity contribution < 1.29 is 14.4 Å². The lowest BCUT2D eigenvalue weighted by molar-refractivity contribution is 0.00908. The standard InChI is InChI=1S/C15H17O3P.2C2H6.CH4.H2S/c16-14(11-17-19)15(12-7-3-1-4-8-12)18-13-9-5-2-6-10-13;2*1-2;;/h1-10,14-16H,11,19H2;2*1-2H3;1H4;1H2/t14-,15+;;;;/m1..../s1. The Hall–Kier alpha value is -1.06. The summed E-state index contributed by atoms with van der Waals surface area (Å²) in [7, 11) is 2.14. The monoisotopic (exact) mass is 386 g/mol. The Labute approximate surface area is 163 Å². The van der Waals surface area contributed by atoms with Crippen LogP contribution < -0.4 is 4.74 Å². The molecule has 0 fully saturated rings. The van der Waals surface area contributed by atoms with E-state index in [1.165, 1.54) is 0 Å². The zero-order chi connectivity index (χ0) is 17.5. The first kappa shape index (κ1) is 28.7. The minimum atomic E-state index is -0.736. The lowest BCUT2D eigenvalue weighted by atomic mass is 10.0. The van der Waals surface area contributed by atoms with Gasteiger partial charge in [0.25, 0.3) is 0 Å². The van der Waals surface area contributed by atoms with Crippen LogP contribution in [0.5, 0.6) is 5.75 Å². The SMILES string of the molecule is C.CC.CC.O[C@H](COP)[C@@H](Oc1ccccc1)c1ccccc1.S. The zero-order valence-corrected chi connectivity index (χ0v) is 17.1. The van der Waals surface area contributed by atoms with Gasteiger partial charge in [-0.05, 0) is 17.7 Å². The number of aliphatic hydroxyl groups is 1. The summed E-state index contributed by atoms with van der Waals surface area (Å²) in [4.78, 5) is 0. The van der Waals surface area contributed by atoms with Crippen LogP contribution in [-0.2, 0) is 4.52 Å². The molecule has 1 unspecified atom stereocenters. The summed E-state index contributed by atoms with van der Waals surface area (Å²) >= 11 is 0. The molecule has 3 nitrogen and oxygen atoms in total. The molecule has 5 heteroatoms. The number of ether oxygens (including phenoxy) is 1. The minimum absolute atomic E-state index is 0. The predicted molar refractivity (Wildman–Crippen MR) is 118 cm³/mol. The minimum Gasteiger partial charge on any atom is -0.483 e. The molecule has 0 aliphatic rings. The van der Waals surface area contributed by atoms with Crippen molar-refractivity contribution in [3.63, 3.8) is 0 Å². The van der Waals surface area contributed by atoms with Crippen LogP contribution in [0.2, 0.25) is 0 Å². The Bertz CT molecular complexity index is 483. The van der Waals surface area contributed by atoms with E-state index in [1.54, 1.807) is 0 Å². The van der Waals surface area contributed by atoms with E-state index in [0.29, 0.717) is 0 Å². The zero-order valence-electron chi connectivity index (χ0n) is 15.0. The molecule has 2 aromatic carbocycles. The number of aliphatic hydroxyl groups excluding tert-OH is 1. The van der Waals surface area contributed by atoms with Gasteiger partial charge < -0.3 is 14.4 Å². The van der Waals surface area contributed by atoms with Gasteiger partial charge in [-0.15, -0.1) is 0 Å². The van der Waals surface area contributed by atoms with Crippen LogP contribution in [-0.4, -0.2) is 17.8 Å². The molecule has 3 atom stereocenters. The molecular weight excluding hydrogens is 351 g/mol. The lowest BCUT2D eigenvalue weighted by Crippen LogP contribution is -2.27. The fraction of sp³-hybridized carbons (Fsp3) is 0.400. The van der Waals surface area contributed by atoms with Gasteiger partial charge in [0, 0.05) is 9.47 Å². The fourth-order valence-electron chi connectivity index (χ4n) is 1.84. The van der Waals surface area contributed by atoms with E-state index >= 15 is 0 Å². The van der Waals surface area contributed by atoms with E-state index in [1.807, 2.05) is 88.4 Å². The van der Waals surface area contributed by atoms with Crippen LogP contribution in [0.15, 0.2) is 60.7 Å². The molecule has 25 heavy (non-hydrogen) atoms. The van der Waals surface area contributed by atoms with Gasteiger partial charge in [-0.2, -0.15) is 13.5 Å². The topological polar surface area (TPSA) is 38.7 Å². The van der Waals surface area contributed by atoms with E-state index in [2.05, 4.69) is 9.47 Å². The maximum Gasteiger partial charge on any atom is 0.152 e. The van der Waals surface area contributed by atoms with Gasteiger partial charge in [0.2, 0.25) is 0 Å². The molecule has 0 aromatic heterocycles. The predicted octanol–water partition coefficient (Wildman–Crippen LogP) is 5.78. The van der Waals surface area contributed by atoms with Crippen molar-refractivity contribution in [2.75, 3.05) is 6.61 Å². The molecule has 0 aliphatic carbocycles. The van der Waals surface area contributed by atoms with Crippen LogP contribution >= 0.6 is 23.0 Å². The highest BCUT2D eigenvalue weighted by Gasteiger charge is 2.23. The lowest BCUT2D eigenvalue weighted by Gasteiger charge is -2.24. The maximum atomic E-state index is 10.2. The molecule has 0 saturated carbocycles. The normalized spacial score (nSPS) is 11.0. The first-order chi connectivity index (χ1) is 11.3. The Kier molecular flexibility index (Phi) is 22.1. The summed E-state index contributed by atoms with van der Waals surface area (Å²) in [6, 6.07) is 19.1. The maximum absolute atomic E-state index is 10.2. The Morgan fingerprint density at radius 3 is 1.76 bits per heavy atom. The van der Waals surface area contributed by atoms with Gasteiger partial charge in [0.15, 0.2) is 6.10 Å². The molecule has 0 amide bonds. The van der Waals surface area contributed by atoms with E-state index in [-0.39, 0.29) is 27.5 Å². The highest BCUT2D eigenvalue weighted by atomic mass is 32.1. The second-order valence-electron chi connectivity index (χ2n) is 4.16. The summed E-state index contributed by atoms with van der Waals surface area (Å²) in [6.45, 7) is 8.19. The highest BCUT2D eigenvalue weighted by molar-refractivity contribution is 7.59. The molecule has 144 valence electrons. The quantitative estimate of drug-likeness (QED) is 0.640. The summed E-state index contributed by atoms with van der Waals surface area (Å²) in [5.41, 5.74) is 0.918. The molecule has 0 bridgehead atoms. The van der Waals surface area contributed by atoms with Crippen molar-refractivity contribution in [3.8, 4) is 5.75 Å². The molecule has 1 N–H and O–H groups in total. The van der Waals surface area contributed by atoms with Gasteiger partial charge in [-0.3, -0.25) is 0 Å². The summed E-state index contributed by atoms with van der Waals surface area (Å²) in [6.07, 6.45) is -1.19. The molecular formula is C20H35O3PS. The van der Waals surface area contributed by atoms with E-state index in [9.17, 15) is 5.11 Å². The van der Waals surface area contributed by atoms with Crippen LogP contribution in [0.25, 0.3) is 0 Å². The smallest absolute Gasteiger partial charge is 0.152 e. The summed E-state index contributed by atoms with van der Waals surface area (Å²) < 4.78 is 10.8. The first-order valence-corrected chi connectivity index (χ1v) is 8.55. The van der Waals surface area contributed by atoms with Crippen molar-refractivity contribution in [1.82, 2.24) is 0 Å². The molecule has 2 rings (SSSR count). The van der Waals surface area contributed by atoms with Crippen LogP contribution in [0.3, 0.4) is 0 Å². The Morgan fingerprint density at radius 2 is 1.32 bits per heavy atom. The van der Waals surface area contributed by atoms with Gasteiger partial charge in [-0.25, -0.2) is 0 Å². The highest BCUT2D eigenvalue weighted by Crippen LogP contribution is 2.25. The summed E-state index contributed by atoms with van der Waals surface area (Å²) in [5, 5.41) is 10.2. The molecule has 2 aromatic rings. The van der Waals surface area contributed by atoms with Crippen LogP contribution in [0.4, 0.5) is 0 Å². The van der Waals surface area contributed by atoms with E-state index in [0.717, 1.165) is 11.3 Å². The van der Waals surface area contributed by atoms with Crippen molar-refractivity contribution in [2.45, 2.75) is 47.3 Å². The number of hydrogen-bond donors (Lipinski definition) is 1. The third-order valence-corrected chi connectivity index (χ3v) is 2.94. The van der Waals surface area contributed by atoms with Gasteiger partial charge >= 0.3 is 0 Å². The molecule has 0 heterocycles. The summed E-state index contributed by atoms with van der Waals surface area (Å²) in [5.74, 6) is 0.721. The third-order valence-electron chi connectivity index (χ3n) is 2.75. The second-order valence-corrected chi connectivity index (χ2v) is 4.50. The number of para-hydroxylation sites is 1. The van der Waals surface area contributed by atoms with E-state index < -0.39 is 12.2 Å². The second kappa shape index (κ2) is 19.3. The number of hydrogen-bond acceptors (Lipinski definition) is 3. The van der Waals surface area contributed by atoms with Gasteiger partial charge in [0.05, 0.1) is 6.61 Å². The van der Waals surface area contributed by atoms with Crippen molar-refractivity contribution in [3.05, 3.63) is 66.2 Å². The molecule has 0 radical (unpaired) electrons. The average molecular weight is 387 g/mol. The number of rotatable bonds is 6. The van der Waals surface area contributed by atoms with Gasteiger partial charge in [0.1, 0.15) is 11.9 Å². The molecule has 0 saturated heterocycles. The Morgan fingerprint density at radius 1 is 0.880 bits per heavy atom. The van der Waals surface area contributed by atoms with Crippen molar-refractivity contribution in [2.24, 2.45) is 0 Å². The van der Waals surface area contributed by atoms with Crippen LogP contribution in [0.1, 0.15) is 46.8 Å². The fourth-order valence-corrected chi connectivity index (χ4v) is 2.04. The molecule has 0 spiro atoms. The van der Waals surface area contributed by atoms with E-state index in [4.69, 9.17) is 9.26 Å². The average Bonchev–Trinajstić information content (AvgIpc) is 2.65. The molecule has 0 aliphatic heterocycles. The van der Waals surface area contributed by atoms with Gasteiger partial charge in [-0.1, -0.05) is 83.7 Å². The number of benzene rings is 2. The Balaban J connectivity index is -0.000000752. The third kappa shape index (κ3) is 11.2. The van der Waals surface area contributed by atoms with Crippen LogP contribution in [0, 0.1) is 0 Å². The largest absolute Gasteiger partial charge is 0.483 e. The van der Waals surface area contributed by atoms with Crippen molar-refractivity contribution in [1.29, 1.82) is 0 Å². The first-order valence-electron chi connectivity index (χ1n) is 8.07. The van der Waals surface area contributed by atoms with Crippen molar-refractivity contribution >= 4 is 23.0 Å².